The summed E-state index contributed by atoms with van der Waals surface area (Å²) in [6, 6.07) is 6.18. The molecule has 1 aromatic heterocycles. The van der Waals surface area contributed by atoms with E-state index in [4.69, 9.17) is 10.2 Å². The highest BCUT2D eigenvalue weighted by molar-refractivity contribution is 5.99. The SMILES string of the molecule is Cc1ccc(-n2c(=O)[nH]c(C(=O)O)c(C(=O)O)c2=O)cc1. The van der Waals surface area contributed by atoms with Gasteiger partial charge < -0.3 is 10.2 Å². The monoisotopic (exact) mass is 290 g/mol. The van der Waals surface area contributed by atoms with Crippen LogP contribution in [0.15, 0.2) is 33.9 Å². The van der Waals surface area contributed by atoms with Gasteiger partial charge in [0, 0.05) is 0 Å². The summed E-state index contributed by atoms with van der Waals surface area (Å²) in [6.45, 7) is 1.80. The minimum atomic E-state index is -1.73. The molecule has 0 aliphatic carbocycles. The lowest BCUT2D eigenvalue weighted by Crippen LogP contribution is -2.40. The molecular weight excluding hydrogens is 280 g/mol. The summed E-state index contributed by atoms with van der Waals surface area (Å²) in [4.78, 5) is 48.0. The van der Waals surface area contributed by atoms with Crippen molar-refractivity contribution in [3.05, 3.63) is 61.9 Å². The second-order valence-electron chi connectivity index (χ2n) is 4.27. The van der Waals surface area contributed by atoms with Crippen molar-refractivity contribution in [2.24, 2.45) is 0 Å². The van der Waals surface area contributed by atoms with Gasteiger partial charge in [-0.2, -0.15) is 0 Å². The maximum absolute atomic E-state index is 12.1. The molecule has 0 saturated heterocycles. The normalized spacial score (nSPS) is 10.3. The van der Waals surface area contributed by atoms with Crippen LogP contribution >= 0.6 is 0 Å². The topological polar surface area (TPSA) is 129 Å². The van der Waals surface area contributed by atoms with E-state index in [1.165, 1.54) is 12.1 Å². The van der Waals surface area contributed by atoms with Gasteiger partial charge in [-0.25, -0.2) is 19.0 Å². The lowest BCUT2D eigenvalue weighted by molar-refractivity contribution is 0.0643. The van der Waals surface area contributed by atoms with Crippen molar-refractivity contribution in [2.45, 2.75) is 6.92 Å². The Labute approximate surface area is 116 Å². The molecule has 0 aliphatic heterocycles. The molecule has 0 fully saturated rings. The lowest BCUT2D eigenvalue weighted by Gasteiger charge is -2.08. The number of nitrogens with zero attached hydrogens (tertiary/aromatic N) is 1. The summed E-state index contributed by atoms with van der Waals surface area (Å²) in [6.07, 6.45) is 0. The van der Waals surface area contributed by atoms with Crippen LogP contribution in [0.2, 0.25) is 0 Å². The van der Waals surface area contributed by atoms with Crippen LogP contribution in [-0.4, -0.2) is 31.7 Å². The molecule has 2 aromatic rings. The van der Waals surface area contributed by atoms with Gasteiger partial charge >= 0.3 is 17.6 Å². The van der Waals surface area contributed by atoms with Crippen LogP contribution in [0.4, 0.5) is 0 Å². The Kier molecular flexibility index (Phi) is 3.45. The average Bonchev–Trinajstić information content (AvgIpc) is 2.39. The van der Waals surface area contributed by atoms with Gasteiger partial charge in [0.1, 0.15) is 5.69 Å². The number of benzene rings is 1. The first-order chi connectivity index (χ1) is 9.82. The van der Waals surface area contributed by atoms with Gasteiger partial charge in [0.05, 0.1) is 5.69 Å². The molecule has 0 bridgehead atoms. The first-order valence-electron chi connectivity index (χ1n) is 5.76. The number of aromatic amines is 1. The van der Waals surface area contributed by atoms with Crippen LogP contribution in [0.1, 0.15) is 26.4 Å². The van der Waals surface area contributed by atoms with E-state index in [2.05, 4.69) is 0 Å². The number of nitrogens with one attached hydrogen (secondary N) is 1. The molecule has 1 aromatic carbocycles. The maximum atomic E-state index is 12.1. The number of aromatic carboxylic acids is 2. The van der Waals surface area contributed by atoms with Crippen molar-refractivity contribution in [1.29, 1.82) is 0 Å². The molecule has 108 valence electrons. The molecule has 1 heterocycles. The molecular formula is C13H10N2O6. The zero-order chi connectivity index (χ0) is 15.7. The predicted molar refractivity (Wildman–Crippen MR) is 71.3 cm³/mol. The molecule has 3 N–H and O–H groups in total. The van der Waals surface area contributed by atoms with Gasteiger partial charge in [-0.1, -0.05) is 17.7 Å². The van der Waals surface area contributed by atoms with E-state index in [9.17, 15) is 19.2 Å². The molecule has 0 amide bonds. The van der Waals surface area contributed by atoms with E-state index in [0.29, 0.717) is 4.57 Å². The van der Waals surface area contributed by atoms with Gasteiger partial charge in [-0.05, 0) is 19.1 Å². The number of rotatable bonds is 3. The van der Waals surface area contributed by atoms with Crippen molar-refractivity contribution >= 4 is 11.9 Å². The fraction of sp³-hybridized carbons (Fsp3) is 0.0769. The Hall–Kier alpha value is -3.16. The Morgan fingerprint density at radius 3 is 2.10 bits per heavy atom. The number of H-pyrrole nitrogens is 1. The van der Waals surface area contributed by atoms with Crippen molar-refractivity contribution in [3.63, 3.8) is 0 Å². The molecule has 8 heteroatoms. The third kappa shape index (κ3) is 2.46. The van der Waals surface area contributed by atoms with Crippen LogP contribution in [0.5, 0.6) is 0 Å². The first kappa shape index (κ1) is 14.3. The van der Waals surface area contributed by atoms with Crippen molar-refractivity contribution < 1.29 is 19.8 Å². The average molecular weight is 290 g/mol. The summed E-state index contributed by atoms with van der Waals surface area (Å²) in [5.41, 5.74) is -3.14. The van der Waals surface area contributed by atoms with Crippen molar-refractivity contribution in [3.8, 4) is 5.69 Å². The number of carbonyl (C=O) groups is 2. The zero-order valence-corrected chi connectivity index (χ0v) is 10.8. The number of aromatic nitrogens is 2. The van der Waals surface area contributed by atoms with Crippen LogP contribution in [0.3, 0.4) is 0 Å². The molecule has 0 unspecified atom stereocenters. The minimum absolute atomic E-state index is 0.145. The van der Waals surface area contributed by atoms with E-state index >= 15 is 0 Å². The van der Waals surface area contributed by atoms with E-state index in [1.54, 1.807) is 19.1 Å². The molecule has 0 radical (unpaired) electrons. The first-order valence-corrected chi connectivity index (χ1v) is 5.76. The van der Waals surface area contributed by atoms with Crippen LogP contribution in [-0.2, 0) is 0 Å². The standard InChI is InChI=1S/C13H10N2O6/c1-6-2-4-7(5-3-6)15-10(16)8(11(17)18)9(12(19)20)14-13(15)21/h2-5H,1H3,(H,14,21)(H,17,18)(H,19,20). The Morgan fingerprint density at radius 1 is 1.05 bits per heavy atom. The maximum Gasteiger partial charge on any atom is 0.353 e. The third-order valence-electron chi connectivity index (χ3n) is 2.82. The van der Waals surface area contributed by atoms with E-state index in [-0.39, 0.29) is 5.69 Å². The number of carboxylic acids is 2. The molecule has 2 rings (SSSR count). The smallest absolute Gasteiger partial charge is 0.353 e. The molecule has 0 saturated carbocycles. The summed E-state index contributed by atoms with van der Waals surface area (Å²) in [5.74, 6) is -3.42. The van der Waals surface area contributed by atoms with E-state index in [1.807, 2.05) is 4.98 Å². The summed E-state index contributed by atoms with van der Waals surface area (Å²) < 4.78 is 0.579. The largest absolute Gasteiger partial charge is 0.477 e. The van der Waals surface area contributed by atoms with E-state index < -0.39 is 34.4 Å². The van der Waals surface area contributed by atoms with Crippen molar-refractivity contribution in [1.82, 2.24) is 9.55 Å². The number of carboxylic acid groups (broad SMARTS) is 2. The molecule has 0 aliphatic rings. The highest BCUT2D eigenvalue weighted by Gasteiger charge is 2.24. The van der Waals surface area contributed by atoms with E-state index in [0.717, 1.165) is 5.56 Å². The lowest BCUT2D eigenvalue weighted by atomic mass is 10.2. The van der Waals surface area contributed by atoms with Gasteiger partial charge in [-0.3, -0.25) is 9.78 Å². The fourth-order valence-electron chi connectivity index (χ4n) is 1.82. The number of aryl methyl sites for hydroxylation is 1. The van der Waals surface area contributed by atoms with Crippen LogP contribution in [0, 0.1) is 6.92 Å². The molecule has 0 spiro atoms. The summed E-state index contributed by atoms with van der Waals surface area (Å²) >= 11 is 0. The Balaban J connectivity index is 2.86. The second kappa shape index (κ2) is 5.08. The van der Waals surface area contributed by atoms with Gasteiger partial charge in [0.25, 0.3) is 5.56 Å². The summed E-state index contributed by atoms with van der Waals surface area (Å²) in [7, 11) is 0. The minimum Gasteiger partial charge on any atom is -0.477 e. The van der Waals surface area contributed by atoms with Gasteiger partial charge in [-0.15, -0.1) is 0 Å². The van der Waals surface area contributed by atoms with Crippen LogP contribution < -0.4 is 11.2 Å². The summed E-state index contributed by atoms with van der Waals surface area (Å²) in [5, 5.41) is 17.9. The second-order valence-corrected chi connectivity index (χ2v) is 4.27. The zero-order valence-electron chi connectivity index (χ0n) is 10.8. The van der Waals surface area contributed by atoms with Gasteiger partial charge in [0.15, 0.2) is 5.56 Å². The van der Waals surface area contributed by atoms with Gasteiger partial charge in [0.2, 0.25) is 0 Å². The molecule has 21 heavy (non-hydrogen) atoms. The Morgan fingerprint density at radius 2 is 1.62 bits per heavy atom. The third-order valence-corrected chi connectivity index (χ3v) is 2.82. The number of hydrogen-bond donors (Lipinski definition) is 3. The number of hydrogen-bond acceptors (Lipinski definition) is 4. The molecule has 0 atom stereocenters. The predicted octanol–water partition coefficient (Wildman–Crippen LogP) is 0.231. The highest BCUT2D eigenvalue weighted by atomic mass is 16.4. The molecule has 8 nitrogen and oxygen atoms in total. The quantitative estimate of drug-likeness (QED) is 0.742. The van der Waals surface area contributed by atoms with Crippen molar-refractivity contribution in [2.75, 3.05) is 0 Å². The highest BCUT2D eigenvalue weighted by Crippen LogP contribution is 2.06. The fourth-order valence-corrected chi connectivity index (χ4v) is 1.82. The van der Waals surface area contributed by atoms with Crippen LogP contribution in [0.25, 0.3) is 5.69 Å². The Bertz CT molecular complexity index is 844.